The molecule has 134 valence electrons. The minimum atomic E-state index is -4.33. The number of methoxy groups -OCH3 is 1. The minimum absolute atomic E-state index is 0.108. The van der Waals surface area contributed by atoms with E-state index in [4.69, 9.17) is 10.00 Å². The van der Waals surface area contributed by atoms with E-state index in [1.54, 1.807) is 18.2 Å². The summed E-state index contributed by atoms with van der Waals surface area (Å²) in [7, 11) is -2.80. The summed E-state index contributed by atoms with van der Waals surface area (Å²) in [6, 6.07) is 12.0. The summed E-state index contributed by atoms with van der Waals surface area (Å²) in [6.45, 7) is 0. The Balaban J connectivity index is 1.77. The number of hydrogen-bond acceptors (Lipinski definition) is 5. The zero-order valence-corrected chi connectivity index (χ0v) is 14.6. The SMILES string of the molecule is COc1cccc([C@@H]2C[C@H]2C(=O)NS(=O)(=O)c2cccc(F)c2C#N)c1. The van der Waals surface area contributed by atoms with Gasteiger partial charge in [0, 0.05) is 5.92 Å². The fourth-order valence-corrected chi connectivity index (χ4v) is 4.02. The molecule has 1 aliphatic carbocycles. The summed E-state index contributed by atoms with van der Waals surface area (Å²) in [5.74, 6) is -1.59. The Morgan fingerprint density at radius 3 is 2.73 bits per heavy atom. The molecular formula is C18H15FN2O4S. The van der Waals surface area contributed by atoms with Gasteiger partial charge in [-0.2, -0.15) is 5.26 Å². The average molecular weight is 374 g/mol. The van der Waals surface area contributed by atoms with Gasteiger partial charge in [0.15, 0.2) is 0 Å². The van der Waals surface area contributed by atoms with Crippen molar-refractivity contribution >= 4 is 15.9 Å². The Morgan fingerprint density at radius 2 is 2.04 bits per heavy atom. The molecule has 1 N–H and O–H groups in total. The van der Waals surface area contributed by atoms with Gasteiger partial charge in [0.2, 0.25) is 5.91 Å². The van der Waals surface area contributed by atoms with Crippen molar-refractivity contribution in [1.82, 2.24) is 4.72 Å². The lowest BCUT2D eigenvalue weighted by Gasteiger charge is -2.09. The van der Waals surface area contributed by atoms with Crippen LogP contribution < -0.4 is 9.46 Å². The van der Waals surface area contributed by atoms with Gasteiger partial charge in [0.05, 0.1) is 7.11 Å². The van der Waals surface area contributed by atoms with Gasteiger partial charge in [0.1, 0.15) is 28.1 Å². The summed E-state index contributed by atoms with van der Waals surface area (Å²) >= 11 is 0. The lowest BCUT2D eigenvalue weighted by atomic mass is 10.1. The number of benzene rings is 2. The zero-order chi connectivity index (χ0) is 18.9. The van der Waals surface area contributed by atoms with Gasteiger partial charge in [-0.1, -0.05) is 18.2 Å². The van der Waals surface area contributed by atoms with Crippen molar-refractivity contribution in [2.45, 2.75) is 17.2 Å². The predicted octanol–water partition coefficient (Wildman–Crippen LogP) is 2.31. The number of rotatable bonds is 5. The summed E-state index contributed by atoms with van der Waals surface area (Å²) in [6.07, 6.45) is 0.503. The number of nitrogens with one attached hydrogen (secondary N) is 1. The van der Waals surface area contributed by atoms with Gasteiger partial charge in [0.25, 0.3) is 10.0 Å². The molecule has 1 amide bonds. The average Bonchev–Trinajstić information content (AvgIpc) is 3.42. The van der Waals surface area contributed by atoms with Gasteiger partial charge >= 0.3 is 0 Å². The molecule has 26 heavy (non-hydrogen) atoms. The molecule has 8 heteroatoms. The topological polar surface area (TPSA) is 96.3 Å². The Hall–Kier alpha value is -2.92. The van der Waals surface area contributed by atoms with E-state index in [0.717, 1.165) is 17.7 Å². The highest BCUT2D eigenvalue weighted by atomic mass is 32.2. The molecule has 0 aliphatic heterocycles. The van der Waals surface area contributed by atoms with Crippen LogP contribution in [0.1, 0.15) is 23.5 Å². The smallest absolute Gasteiger partial charge is 0.265 e. The van der Waals surface area contributed by atoms with Crippen LogP contribution in [0.25, 0.3) is 0 Å². The fraction of sp³-hybridized carbons (Fsp3) is 0.222. The highest BCUT2D eigenvalue weighted by Crippen LogP contribution is 2.48. The van der Waals surface area contributed by atoms with E-state index in [1.165, 1.54) is 19.2 Å². The maximum Gasteiger partial charge on any atom is 0.265 e. The number of carbonyl (C=O) groups is 1. The zero-order valence-electron chi connectivity index (χ0n) is 13.8. The second-order valence-corrected chi connectivity index (χ2v) is 7.57. The molecule has 0 aromatic heterocycles. The maximum absolute atomic E-state index is 13.6. The quantitative estimate of drug-likeness (QED) is 0.866. The molecule has 3 rings (SSSR count). The van der Waals surface area contributed by atoms with Crippen molar-refractivity contribution in [2.24, 2.45) is 5.92 Å². The third-order valence-electron chi connectivity index (χ3n) is 4.26. The lowest BCUT2D eigenvalue weighted by molar-refractivity contribution is -0.120. The van der Waals surface area contributed by atoms with E-state index in [1.807, 2.05) is 10.8 Å². The third kappa shape index (κ3) is 3.39. The van der Waals surface area contributed by atoms with Crippen LogP contribution in [0.4, 0.5) is 4.39 Å². The molecule has 1 aliphatic rings. The first-order valence-electron chi connectivity index (χ1n) is 7.76. The normalized spacial score (nSPS) is 18.7. The van der Waals surface area contributed by atoms with Crippen molar-refractivity contribution in [3.63, 3.8) is 0 Å². The van der Waals surface area contributed by atoms with E-state index in [2.05, 4.69) is 0 Å². The molecule has 0 spiro atoms. The number of nitriles is 1. The molecule has 0 radical (unpaired) electrons. The summed E-state index contributed by atoms with van der Waals surface area (Å²) in [4.78, 5) is 11.8. The Labute approximate surface area is 150 Å². The van der Waals surface area contributed by atoms with Crippen molar-refractivity contribution in [2.75, 3.05) is 7.11 Å². The van der Waals surface area contributed by atoms with Crippen LogP contribution in [0, 0.1) is 23.1 Å². The standard InChI is InChI=1S/C18H15FN2O4S/c1-25-12-5-2-4-11(8-12)13-9-14(13)18(22)21-26(23,24)17-7-3-6-16(19)15(17)10-20/h2-8,13-14H,9H2,1H3,(H,21,22)/t13-,14+/m0/s1. The van der Waals surface area contributed by atoms with Crippen molar-refractivity contribution in [3.05, 3.63) is 59.4 Å². The van der Waals surface area contributed by atoms with Crippen LogP contribution in [-0.4, -0.2) is 21.4 Å². The summed E-state index contributed by atoms with van der Waals surface area (Å²) in [5, 5.41) is 8.98. The third-order valence-corrected chi connectivity index (χ3v) is 5.65. The number of sulfonamides is 1. The Morgan fingerprint density at radius 1 is 1.31 bits per heavy atom. The number of amides is 1. The largest absolute Gasteiger partial charge is 0.497 e. The molecule has 0 saturated heterocycles. The molecule has 2 aromatic rings. The van der Waals surface area contributed by atoms with E-state index in [-0.39, 0.29) is 5.92 Å². The van der Waals surface area contributed by atoms with Crippen LogP contribution >= 0.6 is 0 Å². The highest BCUT2D eigenvalue weighted by Gasteiger charge is 2.45. The minimum Gasteiger partial charge on any atom is -0.497 e. The van der Waals surface area contributed by atoms with Crippen LogP contribution in [-0.2, 0) is 14.8 Å². The maximum atomic E-state index is 13.6. The van der Waals surface area contributed by atoms with Gasteiger partial charge in [-0.3, -0.25) is 4.79 Å². The molecule has 0 bridgehead atoms. The van der Waals surface area contributed by atoms with Crippen LogP contribution in [0.3, 0.4) is 0 Å². The molecule has 0 heterocycles. The van der Waals surface area contributed by atoms with Gasteiger partial charge in [-0.05, 0) is 42.2 Å². The van der Waals surface area contributed by atoms with Crippen molar-refractivity contribution in [3.8, 4) is 11.8 Å². The molecule has 0 unspecified atom stereocenters. The molecule has 6 nitrogen and oxygen atoms in total. The molecule has 1 fully saturated rings. The summed E-state index contributed by atoms with van der Waals surface area (Å²) in [5.41, 5.74) is 0.262. The first-order valence-corrected chi connectivity index (χ1v) is 9.25. The van der Waals surface area contributed by atoms with Gasteiger partial charge < -0.3 is 4.74 Å². The second kappa shape index (κ2) is 6.77. The van der Waals surface area contributed by atoms with Gasteiger partial charge in [-0.15, -0.1) is 0 Å². The number of ether oxygens (including phenoxy) is 1. The Bertz CT molecular complexity index is 1010. The van der Waals surface area contributed by atoms with Gasteiger partial charge in [-0.25, -0.2) is 17.5 Å². The van der Waals surface area contributed by atoms with Crippen LogP contribution in [0.15, 0.2) is 47.4 Å². The second-order valence-electron chi connectivity index (χ2n) is 5.92. The first kappa shape index (κ1) is 17.9. The monoisotopic (exact) mass is 374 g/mol. The summed E-state index contributed by atoms with van der Waals surface area (Å²) < 4.78 is 45.5. The van der Waals surface area contributed by atoms with Crippen molar-refractivity contribution < 1.29 is 22.3 Å². The molecule has 2 aromatic carbocycles. The lowest BCUT2D eigenvalue weighted by Crippen LogP contribution is -2.32. The van der Waals surface area contributed by atoms with Crippen LogP contribution in [0.2, 0.25) is 0 Å². The molecule has 2 atom stereocenters. The number of halogens is 1. The fourth-order valence-electron chi connectivity index (χ4n) is 2.83. The highest BCUT2D eigenvalue weighted by molar-refractivity contribution is 7.90. The molecular weight excluding hydrogens is 359 g/mol. The van der Waals surface area contributed by atoms with E-state index in [9.17, 15) is 17.6 Å². The van der Waals surface area contributed by atoms with E-state index < -0.39 is 38.1 Å². The number of nitrogens with zero attached hydrogens (tertiary/aromatic N) is 1. The number of hydrogen-bond donors (Lipinski definition) is 1. The predicted molar refractivity (Wildman–Crippen MR) is 90.3 cm³/mol. The van der Waals surface area contributed by atoms with Crippen molar-refractivity contribution in [1.29, 1.82) is 5.26 Å². The van der Waals surface area contributed by atoms with E-state index in [0.29, 0.717) is 12.2 Å². The molecule has 1 saturated carbocycles. The first-order chi connectivity index (χ1) is 12.4. The van der Waals surface area contributed by atoms with E-state index >= 15 is 0 Å². The van der Waals surface area contributed by atoms with Crippen LogP contribution in [0.5, 0.6) is 5.75 Å². The Kier molecular flexibility index (Phi) is 4.66. The number of carbonyl (C=O) groups excluding carboxylic acids is 1.